The topological polar surface area (TPSA) is 133 Å². The van der Waals surface area contributed by atoms with Crippen LogP contribution in [0.3, 0.4) is 0 Å². The van der Waals surface area contributed by atoms with E-state index in [1.54, 1.807) is 22.9 Å². The summed E-state index contributed by atoms with van der Waals surface area (Å²) in [6.45, 7) is 0.232. The van der Waals surface area contributed by atoms with Crippen LogP contribution in [-0.2, 0) is 29.8 Å². The molecular weight excluding hydrogens is 477 g/mol. The van der Waals surface area contributed by atoms with E-state index in [9.17, 15) is 26.7 Å². The summed E-state index contributed by atoms with van der Waals surface area (Å²) in [5.41, 5.74) is 0.625. The van der Waals surface area contributed by atoms with Crippen molar-refractivity contribution in [2.75, 3.05) is 37.2 Å². The second-order valence-electron chi connectivity index (χ2n) is 8.08. The van der Waals surface area contributed by atoms with Crippen molar-refractivity contribution >= 4 is 48.2 Å². The largest absolute Gasteiger partial charge is 0.506 e. The Bertz CT molecular complexity index is 1420. The van der Waals surface area contributed by atoms with Crippen molar-refractivity contribution in [3.8, 4) is 5.75 Å². The number of carbonyl (C=O) groups excluding carboxylic acids is 1. The van der Waals surface area contributed by atoms with Crippen LogP contribution in [0.5, 0.6) is 5.75 Å². The van der Waals surface area contributed by atoms with E-state index < -0.39 is 55.2 Å². The molecule has 2 aromatic rings. The molecule has 1 unspecified atom stereocenters. The fourth-order valence-electron chi connectivity index (χ4n) is 4.30. The van der Waals surface area contributed by atoms with Crippen LogP contribution in [0.15, 0.2) is 30.3 Å². The minimum absolute atomic E-state index is 0.0289. The van der Waals surface area contributed by atoms with E-state index in [-0.39, 0.29) is 25.1 Å². The van der Waals surface area contributed by atoms with Crippen molar-refractivity contribution in [1.29, 1.82) is 0 Å². The molecule has 176 valence electrons. The van der Waals surface area contributed by atoms with Gasteiger partial charge < -0.3 is 9.84 Å². The van der Waals surface area contributed by atoms with Crippen LogP contribution in [0.4, 0.5) is 10.1 Å². The maximum atomic E-state index is 15.4. The molecule has 3 aliphatic heterocycles. The number of ether oxygens (including phenoxy) is 1. The van der Waals surface area contributed by atoms with Gasteiger partial charge in [-0.3, -0.25) is 4.79 Å². The van der Waals surface area contributed by atoms with Gasteiger partial charge in [-0.15, -0.1) is 0 Å². The third kappa shape index (κ3) is 3.64. The minimum Gasteiger partial charge on any atom is -0.506 e. The molecule has 2 N–H and O–H groups in total. The van der Waals surface area contributed by atoms with E-state index in [4.69, 9.17) is 4.74 Å². The van der Waals surface area contributed by atoms with Gasteiger partial charge in [0.15, 0.2) is 5.82 Å². The molecule has 0 saturated carbocycles. The average Bonchev–Trinajstić information content (AvgIpc) is 3.49. The standard InChI is InChI=1S/C20H20FN3O7S2/c21-19-16-7-12(14-3-5-23(9-14)32(27,28)15-4-6-31-11-15)1-2-13(16)8-17(25)20(19)24-10-18(26)22-33(24,29)30/h1-3,7-8,15,25H,4-6,9-11H2,(H,22,26). The molecule has 1 amide bonds. The molecule has 2 fully saturated rings. The van der Waals surface area contributed by atoms with Crippen molar-refractivity contribution in [3.05, 3.63) is 41.7 Å². The normalized spacial score (nSPS) is 23.3. The van der Waals surface area contributed by atoms with E-state index in [1.807, 2.05) is 0 Å². The first-order valence-corrected chi connectivity index (χ1v) is 13.1. The molecule has 0 aromatic heterocycles. The molecular formula is C20H20FN3O7S2. The van der Waals surface area contributed by atoms with E-state index in [2.05, 4.69) is 0 Å². The molecule has 0 spiro atoms. The SMILES string of the molecule is O=C1CN(c2c(O)cc3ccc(C4=CCN(S(=O)(=O)C5CCOC5)C4)cc3c2F)S(=O)(=O)N1. The van der Waals surface area contributed by atoms with E-state index in [0.29, 0.717) is 33.9 Å². The number of halogens is 1. The third-order valence-electron chi connectivity index (χ3n) is 6.03. The Hall–Kier alpha value is -2.74. The maximum absolute atomic E-state index is 15.4. The number of sulfonamides is 1. The zero-order valence-electron chi connectivity index (χ0n) is 17.2. The van der Waals surface area contributed by atoms with Gasteiger partial charge in [-0.05, 0) is 35.1 Å². The summed E-state index contributed by atoms with van der Waals surface area (Å²) in [6, 6.07) is 5.93. The Morgan fingerprint density at radius 1 is 1.21 bits per heavy atom. The fourth-order valence-corrected chi connectivity index (χ4v) is 7.15. The number of carbonyl (C=O) groups is 1. The Kier molecular flexibility index (Phi) is 5.12. The van der Waals surface area contributed by atoms with Gasteiger partial charge in [-0.1, -0.05) is 18.2 Å². The number of hydrogen-bond donors (Lipinski definition) is 2. The van der Waals surface area contributed by atoms with Gasteiger partial charge >= 0.3 is 10.2 Å². The van der Waals surface area contributed by atoms with Gasteiger partial charge in [-0.25, -0.2) is 21.8 Å². The predicted octanol–water partition coefficient (Wildman–Crippen LogP) is 0.683. The Morgan fingerprint density at radius 3 is 2.67 bits per heavy atom. The lowest BCUT2D eigenvalue weighted by atomic mass is 10.0. The lowest BCUT2D eigenvalue weighted by molar-refractivity contribution is -0.117. The molecule has 0 radical (unpaired) electrons. The van der Waals surface area contributed by atoms with Crippen molar-refractivity contribution < 1.29 is 35.9 Å². The smallest absolute Gasteiger partial charge is 0.326 e. The number of amides is 1. The van der Waals surface area contributed by atoms with Crippen LogP contribution in [0.2, 0.25) is 0 Å². The zero-order valence-corrected chi connectivity index (χ0v) is 18.8. The van der Waals surface area contributed by atoms with Crippen molar-refractivity contribution in [3.63, 3.8) is 0 Å². The number of fused-ring (bicyclic) bond motifs is 1. The second-order valence-corrected chi connectivity index (χ2v) is 11.9. The molecule has 5 rings (SSSR count). The number of benzene rings is 2. The number of nitrogens with zero attached hydrogens (tertiary/aromatic N) is 2. The number of phenolic OH excluding ortho intramolecular Hbond substituents is 1. The van der Waals surface area contributed by atoms with Crippen molar-refractivity contribution in [2.24, 2.45) is 0 Å². The molecule has 10 nitrogen and oxygen atoms in total. The first kappa shape index (κ1) is 22.1. The summed E-state index contributed by atoms with van der Waals surface area (Å²) in [5.74, 6) is -2.46. The lowest BCUT2D eigenvalue weighted by Gasteiger charge is -2.20. The first-order chi connectivity index (χ1) is 15.6. The zero-order chi connectivity index (χ0) is 23.5. The highest BCUT2D eigenvalue weighted by molar-refractivity contribution is 7.92. The van der Waals surface area contributed by atoms with Gasteiger partial charge in [-0.2, -0.15) is 12.7 Å². The summed E-state index contributed by atoms with van der Waals surface area (Å²) in [4.78, 5) is 11.6. The molecule has 13 heteroatoms. The molecule has 3 heterocycles. The Balaban J connectivity index is 1.49. The monoisotopic (exact) mass is 497 g/mol. The van der Waals surface area contributed by atoms with Crippen LogP contribution in [0, 0.1) is 5.82 Å². The summed E-state index contributed by atoms with van der Waals surface area (Å²) < 4.78 is 74.2. The molecule has 3 aliphatic rings. The molecule has 33 heavy (non-hydrogen) atoms. The van der Waals surface area contributed by atoms with E-state index >= 15 is 4.39 Å². The lowest BCUT2D eigenvalue weighted by Crippen LogP contribution is -2.37. The van der Waals surface area contributed by atoms with E-state index in [0.717, 1.165) is 0 Å². The highest BCUT2D eigenvalue weighted by Crippen LogP contribution is 2.39. The van der Waals surface area contributed by atoms with Crippen molar-refractivity contribution in [1.82, 2.24) is 9.03 Å². The summed E-state index contributed by atoms with van der Waals surface area (Å²) in [7, 11) is -7.86. The number of hydrogen-bond acceptors (Lipinski definition) is 7. The average molecular weight is 498 g/mol. The molecule has 2 aromatic carbocycles. The second kappa shape index (κ2) is 7.65. The highest BCUT2D eigenvalue weighted by Gasteiger charge is 2.39. The van der Waals surface area contributed by atoms with Gasteiger partial charge in [0.1, 0.15) is 23.2 Å². The predicted molar refractivity (Wildman–Crippen MR) is 118 cm³/mol. The molecule has 0 aliphatic carbocycles. The summed E-state index contributed by atoms with van der Waals surface area (Å²) >= 11 is 0. The maximum Gasteiger partial charge on any atom is 0.326 e. The van der Waals surface area contributed by atoms with Crippen LogP contribution in [0.25, 0.3) is 16.3 Å². The van der Waals surface area contributed by atoms with E-state index in [1.165, 1.54) is 16.4 Å². The number of anilines is 1. The fraction of sp³-hybridized carbons (Fsp3) is 0.350. The minimum atomic E-state index is -4.32. The third-order valence-corrected chi connectivity index (χ3v) is 9.62. The van der Waals surface area contributed by atoms with Crippen LogP contribution in [0.1, 0.15) is 12.0 Å². The first-order valence-electron chi connectivity index (χ1n) is 10.1. The Labute approximate surface area is 189 Å². The van der Waals surface area contributed by atoms with Crippen LogP contribution >= 0.6 is 0 Å². The summed E-state index contributed by atoms with van der Waals surface area (Å²) in [6.07, 6.45) is 2.19. The van der Waals surface area contributed by atoms with Gasteiger partial charge in [0.2, 0.25) is 10.0 Å². The number of phenols is 1. The molecule has 1 atom stereocenters. The molecule has 2 saturated heterocycles. The summed E-state index contributed by atoms with van der Waals surface area (Å²) in [5, 5.41) is 10.1. The van der Waals surface area contributed by atoms with Gasteiger partial charge in [0.25, 0.3) is 5.91 Å². The number of rotatable bonds is 4. The van der Waals surface area contributed by atoms with Crippen LogP contribution in [-0.4, -0.2) is 70.3 Å². The number of nitrogens with one attached hydrogen (secondary N) is 1. The quantitative estimate of drug-likeness (QED) is 0.635. The van der Waals surface area contributed by atoms with Crippen LogP contribution < -0.4 is 9.03 Å². The van der Waals surface area contributed by atoms with Crippen molar-refractivity contribution in [2.45, 2.75) is 11.7 Å². The molecule has 0 bridgehead atoms. The Morgan fingerprint density at radius 2 is 2.00 bits per heavy atom. The van der Waals surface area contributed by atoms with Gasteiger partial charge in [0, 0.05) is 25.1 Å². The highest BCUT2D eigenvalue weighted by atomic mass is 32.2. The number of aromatic hydroxyl groups is 1. The van der Waals surface area contributed by atoms with Gasteiger partial charge in [0.05, 0.1) is 6.61 Å².